The number of hydrogen-bond acceptors (Lipinski definition) is 4. The van der Waals surface area contributed by atoms with Gasteiger partial charge in [-0.05, 0) is 30.3 Å². The van der Waals surface area contributed by atoms with Gasteiger partial charge >= 0.3 is 5.97 Å². The van der Waals surface area contributed by atoms with E-state index in [-0.39, 0.29) is 6.61 Å². The highest BCUT2D eigenvalue weighted by molar-refractivity contribution is 5.87. The minimum atomic E-state index is -0.571. The van der Waals surface area contributed by atoms with Crippen LogP contribution in [0.1, 0.15) is 11.1 Å². The van der Waals surface area contributed by atoms with Crippen LogP contribution in [0.4, 0.5) is 4.39 Å². The number of ether oxygens (including phenoxy) is 3. The summed E-state index contributed by atoms with van der Waals surface area (Å²) in [6.45, 7) is -0.120. The molecule has 4 nitrogen and oxygen atoms in total. The fourth-order valence-electron chi connectivity index (χ4n) is 1.94. The second kappa shape index (κ2) is 7.98. The van der Waals surface area contributed by atoms with E-state index in [4.69, 9.17) is 14.2 Å². The molecule has 2 aromatic rings. The lowest BCUT2D eigenvalue weighted by atomic mass is 10.1. The van der Waals surface area contributed by atoms with Crippen molar-refractivity contribution in [2.75, 3.05) is 14.2 Å². The van der Waals surface area contributed by atoms with Gasteiger partial charge in [0.05, 0.1) is 14.2 Å². The van der Waals surface area contributed by atoms with E-state index in [1.165, 1.54) is 19.3 Å². The van der Waals surface area contributed by atoms with Gasteiger partial charge in [-0.3, -0.25) is 0 Å². The van der Waals surface area contributed by atoms with Crippen LogP contribution in [-0.4, -0.2) is 20.2 Å². The van der Waals surface area contributed by atoms with E-state index < -0.39 is 11.8 Å². The Kier molecular flexibility index (Phi) is 5.74. The van der Waals surface area contributed by atoms with Gasteiger partial charge in [-0.25, -0.2) is 9.18 Å². The molecule has 0 atom stereocenters. The molecule has 2 rings (SSSR count). The first-order chi connectivity index (χ1) is 11.1. The number of rotatable bonds is 6. The molecule has 0 spiro atoms. The second-order valence-corrected chi connectivity index (χ2v) is 4.64. The van der Waals surface area contributed by atoms with Gasteiger partial charge in [0, 0.05) is 17.2 Å². The van der Waals surface area contributed by atoms with Crippen LogP contribution in [-0.2, 0) is 16.1 Å². The molecule has 0 aliphatic rings. The average Bonchev–Trinajstić information content (AvgIpc) is 2.58. The molecule has 0 amide bonds. The van der Waals surface area contributed by atoms with E-state index in [0.29, 0.717) is 22.6 Å². The van der Waals surface area contributed by atoms with Gasteiger partial charge in [0.1, 0.15) is 23.9 Å². The largest absolute Gasteiger partial charge is 0.497 e. The van der Waals surface area contributed by atoms with Gasteiger partial charge in [-0.15, -0.1) is 0 Å². The predicted octanol–water partition coefficient (Wildman–Crippen LogP) is 3.60. The molecule has 0 fully saturated rings. The van der Waals surface area contributed by atoms with E-state index in [1.54, 1.807) is 49.6 Å². The van der Waals surface area contributed by atoms with E-state index >= 15 is 0 Å². The van der Waals surface area contributed by atoms with Crippen LogP contribution < -0.4 is 9.47 Å². The molecule has 0 saturated heterocycles. The van der Waals surface area contributed by atoms with Crippen molar-refractivity contribution in [3.05, 3.63) is 65.5 Å². The Balaban J connectivity index is 2.02. The van der Waals surface area contributed by atoms with E-state index in [0.717, 1.165) is 0 Å². The molecule has 0 N–H and O–H groups in total. The third-order valence-electron chi connectivity index (χ3n) is 3.16. The topological polar surface area (TPSA) is 44.8 Å². The molecular formula is C18H17FO4. The molecule has 2 aromatic carbocycles. The number of methoxy groups -OCH3 is 2. The minimum absolute atomic E-state index is 0.120. The summed E-state index contributed by atoms with van der Waals surface area (Å²) in [7, 11) is 3.09. The Morgan fingerprint density at radius 2 is 1.91 bits per heavy atom. The van der Waals surface area contributed by atoms with Gasteiger partial charge in [0.2, 0.25) is 0 Å². The van der Waals surface area contributed by atoms with E-state index in [2.05, 4.69) is 0 Å². The normalized spacial score (nSPS) is 10.6. The van der Waals surface area contributed by atoms with Gasteiger partial charge in [-0.2, -0.15) is 0 Å². The Labute approximate surface area is 134 Å². The summed E-state index contributed by atoms with van der Waals surface area (Å²) in [6.07, 6.45) is 2.82. The van der Waals surface area contributed by atoms with Crippen molar-refractivity contribution in [3.8, 4) is 11.5 Å². The molecule has 0 aliphatic heterocycles. The number of halogens is 1. The Bertz CT molecular complexity index is 710. The predicted molar refractivity (Wildman–Crippen MR) is 84.8 cm³/mol. The van der Waals surface area contributed by atoms with Gasteiger partial charge in [-0.1, -0.05) is 18.2 Å². The zero-order chi connectivity index (χ0) is 16.7. The second-order valence-electron chi connectivity index (χ2n) is 4.64. The van der Waals surface area contributed by atoms with E-state index in [1.807, 2.05) is 0 Å². The molecule has 0 unspecified atom stereocenters. The number of esters is 1. The summed E-state index contributed by atoms with van der Waals surface area (Å²) in [5, 5.41) is 0. The van der Waals surface area contributed by atoms with E-state index in [9.17, 15) is 9.18 Å². The third kappa shape index (κ3) is 4.57. The quantitative estimate of drug-likeness (QED) is 0.603. The van der Waals surface area contributed by atoms with Crippen LogP contribution in [0.2, 0.25) is 0 Å². The molecule has 0 heterocycles. The summed E-state index contributed by atoms with van der Waals surface area (Å²) in [5.41, 5.74) is 1.00. The molecule has 5 heteroatoms. The lowest BCUT2D eigenvalue weighted by Crippen LogP contribution is -2.02. The van der Waals surface area contributed by atoms with Crippen molar-refractivity contribution in [1.29, 1.82) is 0 Å². The first kappa shape index (κ1) is 16.5. The monoisotopic (exact) mass is 316 g/mol. The number of carbonyl (C=O) groups is 1. The third-order valence-corrected chi connectivity index (χ3v) is 3.16. The van der Waals surface area contributed by atoms with Crippen molar-refractivity contribution in [2.24, 2.45) is 0 Å². The maximum absolute atomic E-state index is 13.4. The lowest BCUT2D eigenvalue weighted by molar-refractivity contribution is -0.138. The van der Waals surface area contributed by atoms with Crippen LogP contribution >= 0.6 is 0 Å². The highest BCUT2D eigenvalue weighted by Gasteiger charge is 2.05. The number of hydrogen-bond donors (Lipinski definition) is 0. The van der Waals surface area contributed by atoms with Crippen LogP contribution in [0.15, 0.2) is 48.5 Å². The van der Waals surface area contributed by atoms with Crippen LogP contribution in [0, 0.1) is 5.82 Å². The smallest absolute Gasteiger partial charge is 0.331 e. The van der Waals surface area contributed by atoms with Crippen molar-refractivity contribution in [3.63, 3.8) is 0 Å². The number of benzene rings is 2. The van der Waals surface area contributed by atoms with Crippen molar-refractivity contribution in [1.82, 2.24) is 0 Å². The summed E-state index contributed by atoms with van der Waals surface area (Å²) < 4.78 is 28.8. The Morgan fingerprint density at radius 1 is 1.13 bits per heavy atom. The Hall–Kier alpha value is -2.82. The molecular weight excluding hydrogens is 299 g/mol. The van der Waals surface area contributed by atoms with Crippen LogP contribution in [0.5, 0.6) is 11.5 Å². The van der Waals surface area contributed by atoms with Crippen molar-refractivity contribution >= 4 is 12.0 Å². The lowest BCUT2D eigenvalue weighted by Gasteiger charge is -2.07. The fourth-order valence-corrected chi connectivity index (χ4v) is 1.94. The minimum Gasteiger partial charge on any atom is -0.497 e. The summed E-state index contributed by atoms with van der Waals surface area (Å²) >= 11 is 0. The summed E-state index contributed by atoms with van der Waals surface area (Å²) in [5.74, 6) is 0.269. The zero-order valence-electron chi connectivity index (χ0n) is 12.9. The standard InChI is InChI=1S/C18H17FO4/c1-21-15-8-9-17(22-2)13(11-15)7-10-18(20)23-12-14-5-3-4-6-16(14)19/h3-11H,12H2,1-2H3/b10-7+. The first-order valence-electron chi connectivity index (χ1n) is 6.94. The van der Waals surface area contributed by atoms with Gasteiger partial charge in [0.15, 0.2) is 0 Å². The van der Waals surface area contributed by atoms with Crippen LogP contribution in [0.3, 0.4) is 0 Å². The molecule has 0 aromatic heterocycles. The zero-order valence-corrected chi connectivity index (χ0v) is 12.9. The fraction of sp³-hybridized carbons (Fsp3) is 0.167. The average molecular weight is 316 g/mol. The first-order valence-corrected chi connectivity index (χ1v) is 6.94. The molecule has 120 valence electrons. The molecule has 0 saturated carbocycles. The van der Waals surface area contributed by atoms with Crippen molar-refractivity contribution < 1.29 is 23.4 Å². The van der Waals surface area contributed by atoms with Crippen molar-refractivity contribution in [2.45, 2.75) is 6.61 Å². The number of carbonyl (C=O) groups excluding carboxylic acids is 1. The summed E-state index contributed by atoms with van der Waals surface area (Å²) in [6, 6.07) is 11.4. The maximum Gasteiger partial charge on any atom is 0.331 e. The highest BCUT2D eigenvalue weighted by atomic mass is 19.1. The van der Waals surface area contributed by atoms with Gasteiger partial charge in [0.25, 0.3) is 0 Å². The molecule has 0 aliphatic carbocycles. The highest BCUT2D eigenvalue weighted by Crippen LogP contribution is 2.25. The maximum atomic E-state index is 13.4. The van der Waals surface area contributed by atoms with Gasteiger partial charge < -0.3 is 14.2 Å². The van der Waals surface area contributed by atoms with Crippen LogP contribution in [0.25, 0.3) is 6.08 Å². The Morgan fingerprint density at radius 3 is 2.61 bits per heavy atom. The SMILES string of the molecule is COc1ccc(OC)c(/C=C/C(=O)OCc2ccccc2F)c1. The molecule has 23 heavy (non-hydrogen) atoms. The summed E-state index contributed by atoms with van der Waals surface area (Å²) in [4.78, 5) is 11.8. The molecule has 0 radical (unpaired) electrons. The molecule has 0 bridgehead atoms.